The number of aromatic amines is 1. The van der Waals surface area contributed by atoms with Crippen molar-refractivity contribution in [2.75, 3.05) is 32.2 Å². The molecular weight excluding hydrogens is 258 g/mol. The van der Waals surface area contributed by atoms with E-state index in [0.717, 1.165) is 36.3 Å². The molecule has 2 heterocycles. The quantitative estimate of drug-likeness (QED) is 0.898. The van der Waals surface area contributed by atoms with Crippen molar-refractivity contribution in [3.8, 4) is 0 Å². The number of H-pyrrole nitrogens is 1. The van der Waals surface area contributed by atoms with Crippen LogP contribution in [0.5, 0.6) is 0 Å². The summed E-state index contributed by atoms with van der Waals surface area (Å²) in [6.07, 6.45) is 2.15. The molecule has 4 nitrogen and oxygen atoms in total. The van der Waals surface area contributed by atoms with Gasteiger partial charge in [0.15, 0.2) is 5.82 Å². The van der Waals surface area contributed by atoms with Gasteiger partial charge in [-0.15, -0.1) is 0 Å². The Kier molecular flexibility index (Phi) is 3.31. The Labute approximate surface area is 98.1 Å². The summed E-state index contributed by atoms with van der Waals surface area (Å²) in [7, 11) is 3.99. The Morgan fingerprint density at radius 3 is 2.60 bits per heavy atom. The van der Waals surface area contributed by atoms with Gasteiger partial charge in [-0.05, 0) is 28.8 Å². The minimum atomic E-state index is 0.550. The topological polar surface area (TPSA) is 41.2 Å². The fourth-order valence-corrected chi connectivity index (χ4v) is 2.74. The Morgan fingerprint density at radius 1 is 1.40 bits per heavy atom. The molecule has 1 saturated heterocycles. The molecule has 1 aliphatic heterocycles. The van der Waals surface area contributed by atoms with Crippen molar-refractivity contribution in [1.82, 2.24) is 10.2 Å². The van der Waals surface area contributed by atoms with Crippen molar-refractivity contribution in [2.24, 2.45) is 0 Å². The van der Waals surface area contributed by atoms with E-state index in [1.54, 1.807) is 0 Å². The standard InChI is InChI=1S/C10H16BrN3O/c1-14(2)10-8(11)9(12-13-10)7-3-5-15-6-4-7/h7H,3-6H2,1-2H3,(H,12,13). The van der Waals surface area contributed by atoms with Crippen LogP contribution in [0.25, 0.3) is 0 Å². The Morgan fingerprint density at radius 2 is 2.07 bits per heavy atom. The Bertz CT molecular complexity index is 331. The molecular formula is C10H16BrN3O. The van der Waals surface area contributed by atoms with Crippen LogP contribution >= 0.6 is 15.9 Å². The molecule has 1 aromatic heterocycles. The van der Waals surface area contributed by atoms with Gasteiger partial charge in [0.25, 0.3) is 0 Å². The molecule has 0 amide bonds. The van der Waals surface area contributed by atoms with Gasteiger partial charge in [-0.2, -0.15) is 5.10 Å². The van der Waals surface area contributed by atoms with E-state index >= 15 is 0 Å². The molecule has 0 spiro atoms. The van der Waals surface area contributed by atoms with Crippen LogP contribution in [0, 0.1) is 0 Å². The zero-order chi connectivity index (χ0) is 10.8. The normalized spacial score (nSPS) is 18.1. The van der Waals surface area contributed by atoms with Crippen molar-refractivity contribution < 1.29 is 4.74 Å². The second-order valence-corrected chi connectivity index (χ2v) is 4.85. The molecule has 84 valence electrons. The highest BCUT2D eigenvalue weighted by molar-refractivity contribution is 9.10. The monoisotopic (exact) mass is 273 g/mol. The third kappa shape index (κ3) is 2.18. The lowest BCUT2D eigenvalue weighted by Crippen LogP contribution is -2.15. The molecule has 2 rings (SSSR count). The summed E-state index contributed by atoms with van der Waals surface area (Å²) < 4.78 is 6.45. The summed E-state index contributed by atoms with van der Waals surface area (Å²) in [6.45, 7) is 1.71. The number of nitrogens with one attached hydrogen (secondary N) is 1. The van der Waals surface area contributed by atoms with Gasteiger partial charge in [-0.1, -0.05) is 0 Å². The highest BCUT2D eigenvalue weighted by atomic mass is 79.9. The SMILES string of the molecule is CN(C)c1n[nH]c(C2CCOCC2)c1Br. The maximum atomic E-state index is 5.36. The van der Waals surface area contributed by atoms with Crippen molar-refractivity contribution in [1.29, 1.82) is 0 Å². The van der Waals surface area contributed by atoms with E-state index < -0.39 is 0 Å². The molecule has 1 aliphatic rings. The van der Waals surface area contributed by atoms with Crippen LogP contribution in [-0.2, 0) is 4.74 Å². The second-order valence-electron chi connectivity index (χ2n) is 4.06. The van der Waals surface area contributed by atoms with Gasteiger partial charge in [0.05, 0.1) is 10.2 Å². The average molecular weight is 274 g/mol. The van der Waals surface area contributed by atoms with Crippen molar-refractivity contribution in [2.45, 2.75) is 18.8 Å². The zero-order valence-corrected chi connectivity index (χ0v) is 10.7. The van der Waals surface area contributed by atoms with Crippen molar-refractivity contribution in [3.05, 3.63) is 10.2 Å². The number of nitrogens with zero attached hydrogens (tertiary/aromatic N) is 2. The molecule has 1 fully saturated rings. The second kappa shape index (κ2) is 4.53. The van der Waals surface area contributed by atoms with E-state index in [2.05, 4.69) is 26.1 Å². The van der Waals surface area contributed by atoms with Gasteiger partial charge in [0.2, 0.25) is 0 Å². The lowest BCUT2D eigenvalue weighted by molar-refractivity contribution is 0.0843. The fourth-order valence-electron chi connectivity index (χ4n) is 1.88. The van der Waals surface area contributed by atoms with Gasteiger partial charge < -0.3 is 9.64 Å². The predicted molar refractivity (Wildman–Crippen MR) is 63.4 cm³/mol. The molecule has 1 aromatic rings. The molecule has 0 unspecified atom stereocenters. The molecule has 5 heteroatoms. The minimum absolute atomic E-state index is 0.550. The maximum absolute atomic E-state index is 5.36. The molecule has 0 radical (unpaired) electrons. The molecule has 0 saturated carbocycles. The predicted octanol–water partition coefficient (Wildman–Crippen LogP) is 2.13. The highest BCUT2D eigenvalue weighted by Gasteiger charge is 2.22. The smallest absolute Gasteiger partial charge is 0.164 e. The molecule has 0 atom stereocenters. The summed E-state index contributed by atoms with van der Waals surface area (Å²) in [4.78, 5) is 2.00. The van der Waals surface area contributed by atoms with Gasteiger partial charge in [0.1, 0.15) is 0 Å². The van der Waals surface area contributed by atoms with E-state index in [1.165, 1.54) is 5.69 Å². The molecule has 0 bridgehead atoms. The number of aromatic nitrogens is 2. The van der Waals surface area contributed by atoms with Crippen LogP contribution in [-0.4, -0.2) is 37.5 Å². The van der Waals surface area contributed by atoms with Crippen molar-refractivity contribution in [3.63, 3.8) is 0 Å². The fraction of sp³-hybridized carbons (Fsp3) is 0.700. The number of hydrogen-bond acceptors (Lipinski definition) is 3. The Hall–Kier alpha value is -0.550. The largest absolute Gasteiger partial charge is 0.381 e. The maximum Gasteiger partial charge on any atom is 0.164 e. The first kappa shape index (κ1) is 11.0. The Balaban J connectivity index is 2.20. The van der Waals surface area contributed by atoms with Crippen LogP contribution in [0.1, 0.15) is 24.5 Å². The summed E-state index contributed by atoms with van der Waals surface area (Å²) in [5.41, 5.74) is 1.21. The first-order chi connectivity index (χ1) is 7.20. The lowest BCUT2D eigenvalue weighted by Gasteiger charge is -2.21. The number of hydrogen-bond donors (Lipinski definition) is 1. The van der Waals surface area contributed by atoms with Crippen LogP contribution in [0.15, 0.2) is 4.47 Å². The average Bonchev–Trinajstić information content (AvgIpc) is 2.61. The van der Waals surface area contributed by atoms with Gasteiger partial charge in [-0.25, -0.2) is 0 Å². The molecule has 0 aromatic carbocycles. The summed E-state index contributed by atoms with van der Waals surface area (Å²) in [6, 6.07) is 0. The third-order valence-electron chi connectivity index (χ3n) is 2.77. The van der Waals surface area contributed by atoms with E-state index in [9.17, 15) is 0 Å². The van der Waals surface area contributed by atoms with Gasteiger partial charge in [0, 0.05) is 33.2 Å². The summed E-state index contributed by atoms with van der Waals surface area (Å²) in [5, 5.41) is 7.43. The zero-order valence-electron chi connectivity index (χ0n) is 9.09. The minimum Gasteiger partial charge on any atom is -0.381 e. The lowest BCUT2D eigenvalue weighted by atomic mass is 9.97. The number of ether oxygens (including phenoxy) is 1. The van der Waals surface area contributed by atoms with Crippen LogP contribution < -0.4 is 4.90 Å². The summed E-state index contributed by atoms with van der Waals surface area (Å²) in [5.74, 6) is 1.52. The number of halogens is 1. The van der Waals surface area contributed by atoms with Crippen LogP contribution in [0.4, 0.5) is 5.82 Å². The highest BCUT2D eigenvalue weighted by Crippen LogP contribution is 2.35. The first-order valence-corrected chi connectivity index (χ1v) is 5.98. The van der Waals surface area contributed by atoms with Gasteiger partial charge >= 0.3 is 0 Å². The third-order valence-corrected chi connectivity index (χ3v) is 3.55. The molecule has 1 N–H and O–H groups in total. The number of rotatable bonds is 2. The van der Waals surface area contributed by atoms with E-state index in [4.69, 9.17) is 4.74 Å². The van der Waals surface area contributed by atoms with Crippen LogP contribution in [0.2, 0.25) is 0 Å². The first-order valence-electron chi connectivity index (χ1n) is 5.19. The van der Waals surface area contributed by atoms with Gasteiger partial charge in [-0.3, -0.25) is 5.10 Å². The number of anilines is 1. The van der Waals surface area contributed by atoms with E-state index in [0.29, 0.717) is 5.92 Å². The summed E-state index contributed by atoms with van der Waals surface area (Å²) >= 11 is 3.61. The van der Waals surface area contributed by atoms with E-state index in [1.807, 2.05) is 19.0 Å². The molecule has 0 aliphatic carbocycles. The molecule has 15 heavy (non-hydrogen) atoms. The van der Waals surface area contributed by atoms with Crippen molar-refractivity contribution >= 4 is 21.7 Å². The van der Waals surface area contributed by atoms with E-state index in [-0.39, 0.29) is 0 Å². The van der Waals surface area contributed by atoms with Crippen LogP contribution in [0.3, 0.4) is 0 Å².